The van der Waals surface area contributed by atoms with Crippen molar-refractivity contribution in [3.63, 3.8) is 0 Å². The summed E-state index contributed by atoms with van der Waals surface area (Å²) in [5.74, 6) is 0.0699. The molecule has 0 bridgehead atoms. The van der Waals surface area contributed by atoms with E-state index < -0.39 is 0 Å². The van der Waals surface area contributed by atoms with Crippen LogP contribution in [-0.2, 0) is 7.05 Å². The number of thiazole rings is 1. The average molecular weight is 490 g/mol. The zero-order valence-corrected chi connectivity index (χ0v) is 20.6. The number of hydrogen-bond donors (Lipinski definition) is 1. The van der Waals surface area contributed by atoms with E-state index in [2.05, 4.69) is 32.1 Å². The summed E-state index contributed by atoms with van der Waals surface area (Å²) < 4.78 is 1.85. The van der Waals surface area contributed by atoms with Gasteiger partial charge >= 0.3 is 0 Å². The van der Waals surface area contributed by atoms with Crippen molar-refractivity contribution in [3.05, 3.63) is 58.3 Å². The van der Waals surface area contributed by atoms with Crippen LogP contribution in [0.1, 0.15) is 25.9 Å². The third kappa shape index (κ3) is 3.82. The van der Waals surface area contributed by atoms with E-state index in [9.17, 15) is 9.59 Å². The summed E-state index contributed by atoms with van der Waals surface area (Å²) in [5, 5.41) is 7.71. The average Bonchev–Trinajstić information content (AvgIpc) is 3.59. The molecule has 0 unspecified atom stereocenters. The molecule has 5 heterocycles. The quantitative estimate of drug-likeness (QED) is 0.476. The maximum atomic E-state index is 13.3. The minimum atomic E-state index is 0.0194. The minimum Gasteiger partial charge on any atom is -0.350 e. The van der Waals surface area contributed by atoms with E-state index in [1.54, 1.807) is 12.4 Å². The topological polar surface area (TPSA) is 90.4 Å². The maximum absolute atomic E-state index is 13.3. The summed E-state index contributed by atoms with van der Waals surface area (Å²) in [6, 6.07) is 8.55. The number of nitrogens with one attached hydrogen (secondary N) is 1. The molecular formula is C25H27N7O2S. The van der Waals surface area contributed by atoms with E-state index in [0.29, 0.717) is 42.9 Å². The van der Waals surface area contributed by atoms with Crippen LogP contribution in [0.3, 0.4) is 0 Å². The molecule has 180 valence electrons. The van der Waals surface area contributed by atoms with E-state index in [1.165, 1.54) is 11.3 Å². The van der Waals surface area contributed by atoms with Crippen LogP contribution in [0.2, 0.25) is 0 Å². The van der Waals surface area contributed by atoms with Gasteiger partial charge in [-0.3, -0.25) is 19.2 Å². The molecule has 9 nitrogen and oxygen atoms in total. The van der Waals surface area contributed by atoms with Crippen LogP contribution in [0.25, 0.3) is 22.2 Å². The van der Waals surface area contributed by atoms with Crippen molar-refractivity contribution in [1.29, 1.82) is 0 Å². The second kappa shape index (κ2) is 8.62. The molecule has 1 N–H and O–H groups in total. The highest BCUT2D eigenvalue weighted by Crippen LogP contribution is 2.29. The number of rotatable bonds is 4. The van der Waals surface area contributed by atoms with Gasteiger partial charge in [0.15, 0.2) is 5.01 Å². The van der Waals surface area contributed by atoms with Gasteiger partial charge in [0.05, 0.1) is 5.69 Å². The number of aromatic amines is 1. The number of benzene rings is 1. The third-order valence-electron chi connectivity index (χ3n) is 7.27. The summed E-state index contributed by atoms with van der Waals surface area (Å²) in [4.78, 5) is 39.5. The largest absolute Gasteiger partial charge is 0.350 e. The lowest BCUT2D eigenvalue weighted by atomic mass is 10.0. The number of piperazine rings is 1. The first kappa shape index (κ1) is 22.0. The molecule has 4 aromatic rings. The van der Waals surface area contributed by atoms with Crippen LogP contribution in [0, 0.1) is 6.92 Å². The van der Waals surface area contributed by atoms with E-state index in [1.807, 2.05) is 46.0 Å². The first-order valence-corrected chi connectivity index (χ1v) is 12.7. The Bertz CT molecular complexity index is 1390. The number of H-pyrrole nitrogens is 1. The van der Waals surface area contributed by atoms with Crippen molar-refractivity contribution in [2.24, 2.45) is 7.05 Å². The van der Waals surface area contributed by atoms with Gasteiger partial charge in [0, 0.05) is 86.6 Å². The zero-order valence-electron chi connectivity index (χ0n) is 19.8. The fourth-order valence-corrected chi connectivity index (χ4v) is 5.72. The number of aryl methyl sites for hydroxylation is 2. The molecular weight excluding hydrogens is 462 g/mol. The van der Waals surface area contributed by atoms with Gasteiger partial charge < -0.3 is 14.8 Å². The molecule has 0 aliphatic carbocycles. The summed E-state index contributed by atoms with van der Waals surface area (Å²) >= 11 is 1.38. The number of aromatic nitrogens is 4. The van der Waals surface area contributed by atoms with Gasteiger partial charge in [0.1, 0.15) is 5.69 Å². The monoisotopic (exact) mass is 489 g/mol. The Labute approximate surface area is 207 Å². The lowest BCUT2D eigenvalue weighted by Crippen LogP contribution is -2.64. The van der Waals surface area contributed by atoms with Crippen molar-refractivity contribution < 1.29 is 9.59 Å². The van der Waals surface area contributed by atoms with Crippen LogP contribution in [0.15, 0.2) is 42.0 Å². The Hall–Kier alpha value is -3.50. The van der Waals surface area contributed by atoms with Gasteiger partial charge in [-0.1, -0.05) is 6.07 Å². The van der Waals surface area contributed by atoms with Crippen molar-refractivity contribution in [3.8, 4) is 11.3 Å². The number of carbonyl (C=O) groups is 2. The summed E-state index contributed by atoms with van der Waals surface area (Å²) in [6.45, 7) is 6.49. The predicted octanol–water partition coefficient (Wildman–Crippen LogP) is 2.62. The van der Waals surface area contributed by atoms with Crippen LogP contribution < -0.4 is 0 Å². The zero-order chi connectivity index (χ0) is 24.1. The van der Waals surface area contributed by atoms with Gasteiger partial charge in [-0.2, -0.15) is 5.10 Å². The standard InChI is InChI=1S/C25H27N7O2S/c1-16-19-13-17(21-5-6-27-29(21)2)3-4-20(19)28-22(16)24(33)32-14-18(15-32)30-8-10-31(11-9-30)25(34)23-26-7-12-35-23/h3-7,12-13,18,28H,8-11,14-15H2,1-2H3. The highest BCUT2D eigenvalue weighted by Gasteiger charge is 2.38. The fourth-order valence-electron chi connectivity index (χ4n) is 5.12. The van der Waals surface area contributed by atoms with Crippen LogP contribution in [-0.4, -0.2) is 91.6 Å². The lowest BCUT2D eigenvalue weighted by molar-refractivity contribution is 0.00824. The van der Waals surface area contributed by atoms with Crippen LogP contribution in [0.4, 0.5) is 0 Å². The number of fused-ring (bicyclic) bond motifs is 1. The van der Waals surface area contributed by atoms with Crippen LogP contribution >= 0.6 is 11.3 Å². The van der Waals surface area contributed by atoms with Crippen molar-refractivity contribution >= 4 is 34.1 Å². The summed E-state index contributed by atoms with van der Waals surface area (Å²) in [5.41, 5.74) is 4.73. The Balaban J connectivity index is 1.09. The van der Waals surface area contributed by atoms with E-state index >= 15 is 0 Å². The van der Waals surface area contributed by atoms with Gasteiger partial charge in [-0.05, 0) is 30.7 Å². The first-order valence-electron chi connectivity index (χ1n) is 11.8. The Morgan fingerprint density at radius 3 is 2.51 bits per heavy atom. The molecule has 1 aromatic carbocycles. The molecule has 3 aromatic heterocycles. The molecule has 0 saturated carbocycles. The van der Waals surface area contributed by atoms with Gasteiger partial charge in [0.25, 0.3) is 11.8 Å². The highest BCUT2D eigenvalue weighted by molar-refractivity contribution is 7.11. The molecule has 2 amide bonds. The SMILES string of the molecule is Cc1c(C(=O)N2CC(N3CCN(C(=O)c4nccs4)CC3)C2)[nH]c2ccc(-c3ccnn3C)cc12. The number of hydrogen-bond acceptors (Lipinski definition) is 6. The molecule has 10 heteroatoms. The molecule has 0 spiro atoms. The second-order valence-electron chi connectivity index (χ2n) is 9.25. The van der Waals surface area contributed by atoms with Crippen molar-refractivity contribution in [2.45, 2.75) is 13.0 Å². The molecule has 2 saturated heterocycles. The van der Waals surface area contributed by atoms with E-state index in [-0.39, 0.29) is 11.8 Å². The molecule has 0 atom stereocenters. The maximum Gasteiger partial charge on any atom is 0.282 e. The molecule has 6 rings (SSSR count). The molecule has 35 heavy (non-hydrogen) atoms. The van der Waals surface area contributed by atoms with E-state index in [0.717, 1.165) is 40.8 Å². The van der Waals surface area contributed by atoms with E-state index in [4.69, 9.17) is 0 Å². The fraction of sp³-hybridized carbons (Fsp3) is 0.360. The van der Waals surface area contributed by atoms with Gasteiger partial charge in [-0.15, -0.1) is 11.3 Å². The summed E-state index contributed by atoms with van der Waals surface area (Å²) in [6.07, 6.45) is 3.46. The van der Waals surface area contributed by atoms with Crippen molar-refractivity contribution in [1.82, 2.24) is 34.4 Å². The number of likely N-dealkylation sites (tertiary alicyclic amines) is 1. The number of carbonyl (C=O) groups excluding carboxylic acids is 2. The molecule has 0 radical (unpaired) electrons. The highest BCUT2D eigenvalue weighted by atomic mass is 32.1. The molecule has 2 aliphatic rings. The van der Waals surface area contributed by atoms with Crippen molar-refractivity contribution in [2.75, 3.05) is 39.3 Å². The first-order chi connectivity index (χ1) is 17.0. The third-order valence-corrected chi connectivity index (χ3v) is 8.03. The Kier molecular flexibility index (Phi) is 5.42. The summed E-state index contributed by atoms with van der Waals surface area (Å²) in [7, 11) is 1.93. The lowest BCUT2D eigenvalue weighted by Gasteiger charge is -2.48. The van der Waals surface area contributed by atoms with Gasteiger partial charge in [0.2, 0.25) is 0 Å². The number of nitrogens with zero attached hydrogens (tertiary/aromatic N) is 6. The van der Waals surface area contributed by atoms with Crippen LogP contribution in [0.5, 0.6) is 0 Å². The second-order valence-corrected chi connectivity index (χ2v) is 10.1. The Morgan fingerprint density at radius 2 is 1.83 bits per heavy atom. The Morgan fingerprint density at radius 1 is 1.03 bits per heavy atom. The smallest absolute Gasteiger partial charge is 0.282 e. The van der Waals surface area contributed by atoms with Gasteiger partial charge in [-0.25, -0.2) is 4.98 Å². The number of amides is 2. The molecule has 2 fully saturated rings. The normalized spacial score (nSPS) is 17.2. The molecule has 2 aliphatic heterocycles. The minimum absolute atomic E-state index is 0.0194. The predicted molar refractivity (Wildman–Crippen MR) is 135 cm³/mol.